The zero-order valence-electron chi connectivity index (χ0n) is 17.6. The molecule has 7 nitrogen and oxygen atoms in total. The molecule has 32 heavy (non-hydrogen) atoms. The second-order valence-electron chi connectivity index (χ2n) is 7.16. The molecule has 0 bridgehead atoms. The van der Waals surface area contributed by atoms with Crippen molar-refractivity contribution in [2.24, 2.45) is 7.05 Å². The average molecular weight is 443 g/mol. The van der Waals surface area contributed by atoms with Crippen LogP contribution in [0.2, 0.25) is 0 Å². The number of nitrogens with zero attached hydrogens (tertiary/aromatic N) is 4. The molecule has 0 fully saturated rings. The van der Waals surface area contributed by atoms with Crippen LogP contribution in [0.5, 0.6) is 0 Å². The van der Waals surface area contributed by atoms with Crippen LogP contribution in [0.15, 0.2) is 76.4 Å². The number of carbonyl (C=O) groups excluding carboxylic acids is 1. The van der Waals surface area contributed by atoms with Gasteiger partial charge in [0, 0.05) is 11.1 Å². The van der Waals surface area contributed by atoms with E-state index in [1.807, 2.05) is 67.6 Å². The Morgan fingerprint density at radius 2 is 1.91 bits per heavy atom. The predicted octanol–water partition coefficient (Wildman–Crippen LogP) is 4.14. The molecule has 0 saturated heterocycles. The second kappa shape index (κ2) is 9.45. The molecule has 0 aliphatic carbocycles. The highest BCUT2D eigenvalue weighted by molar-refractivity contribution is 8.00. The number of carbonyl (C=O) groups is 1. The van der Waals surface area contributed by atoms with Crippen molar-refractivity contribution in [3.63, 3.8) is 0 Å². The molecule has 158 valence electrons. The molecule has 1 N–H and O–H groups in total. The number of pyridine rings is 1. The Hall–Kier alpha value is -3.96. The minimum atomic E-state index is -0.278. The third-order valence-electron chi connectivity index (χ3n) is 4.70. The van der Waals surface area contributed by atoms with Gasteiger partial charge in [0.2, 0.25) is 5.91 Å². The number of amides is 1. The van der Waals surface area contributed by atoms with E-state index in [4.69, 9.17) is 9.51 Å². The lowest BCUT2D eigenvalue weighted by Crippen LogP contribution is -2.28. The highest BCUT2D eigenvalue weighted by Gasteiger charge is 2.18. The number of aromatic nitrogens is 3. The minimum absolute atomic E-state index is 0.0671. The summed E-state index contributed by atoms with van der Waals surface area (Å²) in [4.78, 5) is 17.1. The van der Waals surface area contributed by atoms with Crippen molar-refractivity contribution in [2.75, 3.05) is 11.1 Å². The number of rotatable bonds is 6. The van der Waals surface area contributed by atoms with E-state index < -0.39 is 0 Å². The summed E-state index contributed by atoms with van der Waals surface area (Å²) in [7, 11) is 1.69. The number of nitrogens with one attached hydrogen (secondary N) is 1. The zero-order valence-corrected chi connectivity index (χ0v) is 18.4. The molecule has 0 aliphatic rings. The van der Waals surface area contributed by atoms with Crippen LogP contribution < -0.4 is 10.00 Å². The molecule has 1 amide bonds. The van der Waals surface area contributed by atoms with Gasteiger partial charge < -0.3 is 0 Å². The Labute approximate surface area is 189 Å². The van der Waals surface area contributed by atoms with E-state index in [-0.39, 0.29) is 17.5 Å². The fraction of sp³-hybridized carbons (Fsp3) is 0.125. The summed E-state index contributed by atoms with van der Waals surface area (Å²) < 4.78 is 6.45. The van der Waals surface area contributed by atoms with E-state index in [1.54, 1.807) is 13.2 Å². The summed E-state index contributed by atoms with van der Waals surface area (Å²) in [6.07, 6.45) is 1.56. The van der Waals surface area contributed by atoms with Crippen molar-refractivity contribution in [1.82, 2.24) is 10.3 Å². The quantitative estimate of drug-likeness (QED) is 0.356. The van der Waals surface area contributed by atoms with Crippen LogP contribution in [0.3, 0.4) is 0 Å². The summed E-state index contributed by atoms with van der Waals surface area (Å²) in [6.45, 7) is 2.02. The van der Waals surface area contributed by atoms with Crippen LogP contribution >= 0.6 is 11.8 Å². The van der Waals surface area contributed by atoms with Crippen LogP contribution in [0.25, 0.3) is 22.4 Å². The monoisotopic (exact) mass is 442 g/mol. The van der Waals surface area contributed by atoms with Gasteiger partial charge in [0.25, 0.3) is 6.20 Å². The largest absolute Gasteiger partial charge is 0.302 e. The van der Waals surface area contributed by atoms with E-state index in [0.717, 1.165) is 27.9 Å². The van der Waals surface area contributed by atoms with Gasteiger partial charge in [-0.05, 0) is 18.6 Å². The summed E-state index contributed by atoms with van der Waals surface area (Å²) >= 11 is 1.21. The minimum Gasteiger partial charge on any atom is -0.288 e. The predicted molar refractivity (Wildman–Crippen MR) is 122 cm³/mol. The molecular formula is C24H20N5O2S+. The smallest absolute Gasteiger partial charge is 0.288 e. The number of aryl methyl sites for hydroxylation is 2. The lowest BCUT2D eigenvalue weighted by molar-refractivity contribution is -0.739. The van der Waals surface area contributed by atoms with Gasteiger partial charge in [0.05, 0.1) is 17.0 Å². The van der Waals surface area contributed by atoms with E-state index in [1.165, 1.54) is 16.4 Å². The van der Waals surface area contributed by atoms with Crippen molar-refractivity contribution >= 4 is 23.6 Å². The number of anilines is 1. The first-order valence-corrected chi connectivity index (χ1v) is 10.8. The van der Waals surface area contributed by atoms with Gasteiger partial charge in [-0.15, -0.1) is 0 Å². The van der Waals surface area contributed by atoms with Gasteiger partial charge in [-0.2, -0.15) is 5.26 Å². The van der Waals surface area contributed by atoms with Crippen molar-refractivity contribution in [1.29, 1.82) is 5.26 Å². The van der Waals surface area contributed by atoms with Gasteiger partial charge in [0.1, 0.15) is 11.1 Å². The summed E-state index contributed by atoms with van der Waals surface area (Å²) in [5.74, 6) is 0.0434. The van der Waals surface area contributed by atoms with Gasteiger partial charge in [-0.25, -0.2) is 4.98 Å². The number of hydrogen-bond donors (Lipinski definition) is 1. The van der Waals surface area contributed by atoms with Crippen LogP contribution in [-0.4, -0.2) is 21.9 Å². The van der Waals surface area contributed by atoms with E-state index in [9.17, 15) is 10.1 Å². The van der Waals surface area contributed by atoms with Gasteiger partial charge in [-0.1, -0.05) is 76.6 Å². The molecule has 8 heteroatoms. The number of thioether (sulfide) groups is 1. The highest BCUT2D eigenvalue weighted by atomic mass is 32.2. The van der Waals surface area contributed by atoms with Crippen LogP contribution in [-0.2, 0) is 11.8 Å². The van der Waals surface area contributed by atoms with Gasteiger partial charge >= 0.3 is 5.88 Å². The Kier molecular flexibility index (Phi) is 6.29. The van der Waals surface area contributed by atoms with Crippen molar-refractivity contribution in [2.45, 2.75) is 11.9 Å². The van der Waals surface area contributed by atoms with Gasteiger partial charge in [-0.3, -0.25) is 14.6 Å². The molecule has 4 aromatic rings. The Morgan fingerprint density at radius 1 is 1.16 bits per heavy atom. The molecule has 0 saturated carbocycles. The third-order valence-corrected chi connectivity index (χ3v) is 5.68. The third kappa shape index (κ3) is 4.85. The molecule has 0 radical (unpaired) electrons. The first kappa shape index (κ1) is 21.3. The van der Waals surface area contributed by atoms with Crippen LogP contribution in [0, 0.1) is 18.3 Å². The molecule has 4 rings (SSSR count). The number of nitriles is 1. The standard InChI is InChI=1S/C24H19N5O2S/c1-16-8-10-17(11-9-16)19-12-21(18-6-4-3-5-7-18)26-24(20(19)13-25)32-15-22(30)27-23-14-29(2)28-31-23/h3-12,14H,15H2,1-2H3/p+1. The normalized spacial score (nSPS) is 10.5. The topological polar surface area (TPSA) is 95.7 Å². The lowest BCUT2D eigenvalue weighted by atomic mass is 9.98. The fourth-order valence-corrected chi connectivity index (χ4v) is 3.94. The van der Waals surface area contributed by atoms with Crippen molar-refractivity contribution in [3.8, 4) is 28.5 Å². The summed E-state index contributed by atoms with van der Waals surface area (Å²) in [6, 6.07) is 22.0. The first-order chi connectivity index (χ1) is 15.5. The molecule has 0 aliphatic heterocycles. The molecule has 2 heterocycles. The molecular weight excluding hydrogens is 422 g/mol. The lowest BCUT2D eigenvalue weighted by Gasteiger charge is -2.12. The number of benzene rings is 2. The molecule has 2 aromatic carbocycles. The van der Waals surface area contributed by atoms with E-state index in [2.05, 4.69) is 16.7 Å². The summed E-state index contributed by atoms with van der Waals surface area (Å²) in [5.41, 5.74) is 4.96. The average Bonchev–Trinajstić information content (AvgIpc) is 3.22. The maximum atomic E-state index is 12.4. The van der Waals surface area contributed by atoms with Crippen LogP contribution in [0.4, 0.5) is 5.88 Å². The van der Waals surface area contributed by atoms with Crippen molar-refractivity contribution in [3.05, 3.63) is 78.0 Å². The summed E-state index contributed by atoms with van der Waals surface area (Å²) in [5, 5.41) is 16.8. The second-order valence-corrected chi connectivity index (χ2v) is 8.12. The van der Waals surface area contributed by atoms with Gasteiger partial charge in [0.15, 0.2) is 12.3 Å². The maximum Gasteiger partial charge on any atom is 0.302 e. The SMILES string of the molecule is Cc1ccc(-c2cc(-c3ccccc3)nc(SCC(=O)Nc3c[n+](C)no3)c2C#N)cc1. The Morgan fingerprint density at radius 3 is 2.56 bits per heavy atom. The number of hydrogen-bond acceptors (Lipinski definition) is 6. The molecule has 0 unspecified atom stereocenters. The zero-order chi connectivity index (χ0) is 22.5. The van der Waals surface area contributed by atoms with E-state index >= 15 is 0 Å². The van der Waals surface area contributed by atoms with E-state index in [0.29, 0.717) is 10.6 Å². The van der Waals surface area contributed by atoms with Crippen molar-refractivity contribution < 1.29 is 14.0 Å². The van der Waals surface area contributed by atoms with Crippen LogP contribution in [0.1, 0.15) is 11.1 Å². The Balaban J connectivity index is 1.69. The first-order valence-electron chi connectivity index (χ1n) is 9.86. The molecule has 0 atom stereocenters. The highest BCUT2D eigenvalue weighted by Crippen LogP contribution is 2.34. The fourth-order valence-electron chi connectivity index (χ4n) is 3.14. The molecule has 2 aromatic heterocycles. The molecule has 0 spiro atoms. The Bertz CT molecular complexity index is 1290. The maximum absolute atomic E-state index is 12.4.